The van der Waals surface area contributed by atoms with Crippen LogP contribution in [0.5, 0.6) is 0 Å². The summed E-state index contributed by atoms with van der Waals surface area (Å²) in [6.07, 6.45) is -4.19. The molecule has 1 aliphatic rings. The van der Waals surface area contributed by atoms with Crippen molar-refractivity contribution in [2.75, 3.05) is 28.6 Å². The lowest BCUT2D eigenvalue weighted by molar-refractivity contribution is -0.137. The van der Waals surface area contributed by atoms with Gasteiger partial charge in [-0.15, -0.1) is 0 Å². The molecule has 37 heavy (non-hydrogen) atoms. The Balaban J connectivity index is 1.39. The summed E-state index contributed by atoms with van der Waals surface area (Å²) in [4.78, 5) is 23.8. The standard InChI is InChI=1S/C24H21F5N6O2/c1-13-12-30-21(34-20(13)31-15-3-5-19-17(11-15)33-22(36)37-19)32-14-2-4-18(16(10-14)24(27,28)29)35-8-6-23(25,26)7-9-35/h2-5,10-12H,6-9H2,1H3,(H,33,36)(H2,30,31,32,34). The number of nitrogens with zero attached hydrogens (tertiary/aromatic N) is 3. The molecule has 3 N–H and O–H groups in total. The lowest BCUT2D eigenvalue weighted by atomic mass is 10.0. The molecule has 3 heterocycles. The molecule has 1 fully saturated rings. The Morgan fingerprint density at radius 3 is 2.49 bits per heavy atom. The molecule has 13 heteroatoms. The normalized spacial score (nSPS) is 15.7. The van der Waals surface area contributed by atoms with Crippen molar-refractivity contribution >= 4 is 39.9 Å². The number of aromatic nitrogens is 3. The highest BCUT2D eigenvalue weighted by atomic mass is 19.4. The molecule has 5 rings (SSSR count). The first kappa shape index (κ1) is 24.5. The van der Waals surface area contributed by atoms with E-state index in [0.717, 1.165) is 6.07 Å². The maximum atomic E-state index is 13.9. The number of piperidine rings is 1. The molecular weight excluding hydrogens is 499 g/mol. The number of hydrogen-bond acceptors (Lipinski definition) is 7. The van der Waals surface area contributed by atoms with Gasteiger partial charge in [-0.05, 0) is 43.3 Å². The summed E-state index contributed by atoms with van der Waals surface area (Å²) in [5.74, 6) is -3.01. The molecule has 0 aliphatic carbocycles. The van der Waals surface area contributed by atoms with Gasteiger partial charge in [-0.1, -0.05) is 0 Å². The predicted molar refractivity (Wildman–Crippen MR) is 128 cm³/mol. The van der Waals surface area contributed by atoms with Crippen LogP contribution in [0.3, 0.4) is 0 Å². The summed E-state index contributed by atoms with van der Waals surface area (Å²) < 4.78 is 73.6. The SMILES string of the molecule is Cc1cnc(Nc2ccc(N3CCC(F)(F)CC3)c(C(F)(F)F)c2)nc1Nc1ccc2oc(=O)[nH]c2c1. The average Bonchev–Trinajstić information content (AvgIpc) is 3.20. The summed E-state index contributed by atoms with van der Waals surface area (Å²) in [6, 6.07) is 8.55. The van der Waals surface area contributed by atoms with Crippen molar-refractivity contribution < 1.29 is 26.4 Å². The molecule has 0 amide bonds. The molecule has 2 aromatic heterocycles. The van der Waals surface area contributed by atoms with Gasteiger partial charge in [0.15, 0.2) is 5.58 Å². The van der Waals surface area contributed by atoms with Crippen LogP contribution in [0.2, 0.25) is 0 Å². The smallest absolute Gasteiger partial charge is 0.408 e. The number of anilines is 5. The fourth-order valence-corrected chi connectivity index (χ4v) is 4.12. The predicted octanol–water partition coefficient (Wildman–Crippen LogP) is 5.96. The maximum absolute atomic E-state index is 13.9. The van der Waals surface area contributed by atoms with Gasteiger partial charge in [0, 0.05) is 54.8 Å². The third-order valence-electron chi connectivity index (χ3n) is 6.05. The molecule has 194 valence electrons. The van der Waals surface area contributed by atoms with Crippen molar-refractivity contribution in [1.29, 1.82) is 0 Å². The second-order valence-electron chi connectivity index (χ2n) is 8.77. The van der Waals surface area contributed by atoms with Crippen LogP contribution in [0.1, 0.15) is 24.0 Å². The van der Waals surface area contributed by atoms with Gasteiger partial charge in [0.1, 0.15) is 5.82 Å². The number of nitrogens with one attached hydrogen (secondary N) is 3. The number of fused-ring (bicyclic) bond motifs is 1. The molecule has 1 saturated heterocycles. The minimum Gasteiger partial charge on any atom is -0.408 e. The fourth-order valence-electron chi connectivity index (χ4n) is 4.12. The van der Waals surface area contributed by atoms with E-state index in [2.05, 4.69) is 25.6 Å². The number of benzene rings is 2. The second kappa shape index (κ2) is 9.05. The molecule has 0 bridgehead atoms. The molecule has 0 unspecified atom stereocenters. The lowest BCUT2D eigenvalue weighted by Gasteiger charge is -2.35. The topological polar surface area (TPSA) is 99.1 Å². The van der Waals surface area contributed by atoms with E-state index in [1.807, 2.05) is 0 Å². The van der Waals surface area contributed by atoms with Crippen molar-refractivity contribution in [3.05, 3.63) is 64.3 Å². The highest BCUT2D eigenvalue weighted by Gasteiger charge is 2.39. The van der Waals surface area contributed by atoms with Crippen LogP contribution >= 0.6 is 0 Å². The van der Waals surface area contributed by atoms with E-state index in [0.29, 0.717) is 28.2 Å². The molecule has 0 saturated carbocycles. The molecule has 2 aromatic carbocycles. The first-order chi connectivity index (χ1) is 17.5. The van der Waals surface area contributed by atoms with Crippen molar-refractivity contribution in [2.45, 2.75) is 31.9 Å². The fraction of sp³-hybridized carbons (Fsp3) is 0.292. The molecule has 1 aliphatic heterocycles. The Bertz CT molecular complexity index is 1500. The number of rotatable bonds is 5. The van der Waals surface area contributed by atoms with E-state index in [9.17, 15) is 26.7 Å². The third-order valence-corrected chi connectivity index (χ3v) is 6.05. The Morgan fingerprint density at radius 1 is 1.05 bits per heavy atom. The van der Waals surface area contributed by atoms with Gasteiger partial charge in [-0.3, -0.25) is 4.98 Å². The van der Waals surface area contributed by atoms with Crippen molar-refractivity contribution in [1.82, 2.24) is 15.0 Å². The van der Waals surface area contributed by atoms with Crippen LogP contribution in [0.4, 0.5) is 50.8 Å². The van der Waals surface area contributed by atoms with Gasteiger partial charge in [-0.25, -0.2) is 18.6 Å². The monoisotopic (exact) mass is 520 g/mol. The lowest BCUT2D eigenvalue weighted by Crippen LogP contribution is -2.40. The van der Waals surface area contributed by atoms with Crippen LogP contribution in [-0.2, 0) is 6.18 Å². The van der Waals surface area contributed by atoms with Gasteiger partial charge >= 0.3 is 11.9 Å². The van der Waals surface area contributed by atoms with E-state index in [4.69, 9.17) is 4.42 Å². The van der Waals surface area contributed by atoms with Gasteiger partial charge in [0.25, 0.3) is 5.92 Å². The molecule has 0 radical (unpaired) electrons. The number of hydrogen-bond donors (Lipinski definition) is 3. The Kier molecular flexibility index (Phi) is 6.00. The number of halogens is 5. The minimum atomic E-state index is -4.69. The van der Waals surface area contributed by atoms with E-state index in [1.54, 1.807) is 25.1 Å². The van der Waals surface area contributed by atoms with Crippen molar-refractivity contribution in [2.24, 2.45) is 0 Å². The van der Waals surface area contributed by atoms with Gasteiger partial charge in [0.2, 0.25) is 5.95 Å². The molecule has 0 spiro atoms. The molecule has 8 nitrogen and oxygen atoms in total. The van der Waals surface area contributed by atoms with Gasteiger partial charge < -0.3 is 20.0 Å². The number of aryl methyl sites for hydroxylation is 1. The van der Waals surface area contributed by atoms with Gasteiger partial charge in [0.05, 0.1) is 11.1 Å². The summed E-state index contributed by atoms with van der Waals surface area (Å²) in [7, 11) is 0. The van der Waals surface area contributed by atoms with Gasteiger partial charge in [-0.2, -0.15) is 18.2 Å². The zero-order chi connectivity index (χ0) is 26.4. The highest BCUT2D eigenvalue weighted by Crippen LogP contribution is 2.41. The molecular formula is C24H21F5N6O2. The largest absolute Gasteiger partial charge is 0.418 e. The number of oxazole rings is 1. The molecule has 0 atom stereocenters. The molecule has 4 aromatic rings. The first-order valence-electron chi connectivity index (χ1n) is 11.3. The Labute approximate surface area is 206 Å². The van der Waals surface area contributed by atoms with Crippen LogP contribution in [0.15, 0.2) is 51.8 Å². The number of alkyl halides is 5. The number of aromatic amines is 1. The van der Waals surface area contributed by atoms with E-state index >= 15 is 0 Å². The highest BCUT2D eigenvalue weighted by molar-refractivity contribution is 5.78. The summed E-state index contributed by atoms with van der Waals surface area (Å²) in [6.45, 7) is 1.41. The first-order valence-corrected chi connectivity index (χ1v) is 11.3. The van der Waals surface area contributed by atoms with Crippen LogP contribution in [-0.4, -0.2) is 34.0 Å². The number of H-pyrrole nitrogens is 1. The quantitative estimate of drug-likeness (QED) is 0.279. The van der Waals surface area contributed by atoms with E-state index < -0.39 is 36.3 Å². The van der Waals surface area contributed by atoms with E-state index in [-0.39, 0.29) is 30.4 Å². The van der Waals surface area contributed by atoms with Crippen molar-refractivity contribution in [3.63, 3.8) is 0 Å². The Hall–Kier alpha value is -4.16. The zero-order valence-corrected chi connectivity index (χ0v) is 19.4. The van der Waals surface area contributed by atoms with Crippen LogP contribution in [0.25, 0.3) is 11.1 Å². The van der Waals surface area contributed by atoms with Crippen molar-refractivity contribution in [3.8, 4) is 0 Å². The third kappa shape index (κ3) is 5.34. The Morgan fingerprint density at radius 2 is 1.76 bits per heavy atom. The van der Waals surface area contributed by atoms with Crippen LogP contribution < -0.4 is 21.3 Å². The van der Waals surface area contributed by atoms with E-state index in [1.165, 1.54) is 23.2 Å². The summed E-state index contributed by atoms with van der Waals surface area (Å²) >= 11 is 0. The zero-order valence-electron chi connectivity index (χ0n) is 19.4. The maximum Gasteiger partial charge on any atom is 0.418 e. The second-order valence-corrected chi connectivity index (χ2v) is 8.77. The van der Waals surface area contributed by atoms with Crippen LogP contribution in [0, 0.1) is 6.92 Å². The average molecular weight is 520 g/mol. The summed E-state index contributed by atoms with van der Waals surface area (Å²) in [5.41, 5.74) is 1.14. The summed E-state index contributed by atoms with van der Waals surface area (Å²) in [5, 5.41) is 5.87. The minimum absolute atomic E-state index is 0.0457.